The van der Waals surface area contributed by atoms with E-state index < -0.39 is 0 Å². The van der Waals surface area contributed by atoms with E-state index in [1.807, 2.05) is 6.92 Å². The molecule has 0 aliphatic carbocycles. The van der Waals surface area contributed by atoms with Gasteiger partial charge in [0.1, 0.15) is 5.78 Å². The Hall–Kier alpha value is -0.410. The molecular weight excluding hydrogens is 156 g/mol. The van der Waals surface area contributed by atoms with Crippen molar-refractivity contribution in [3.8, 4) is 0 Å². The summed E-state index contributed by atoms with van der Waals surface area (Å²) in [5.41, 5.74) is 0. The lowest BCUT2D eigenvalue weighted by Crippen LogP contribution is -1.85. The maximum absolute atomic E-state index is 9.81. The molecule has 0 radical (unpaired) electrons. The maximum Gasteiger partial charge on any atom is 0.129 e. The van der Waals surface area contributed by atoms with Crippen LogP contribution < -0.4 is 0 Å². The monoisotopic (exact) mass is 178 g/mol. The normalized spacial score (nSPS) is 7.67. The fraction of sp³-hybridized carbons (Fsp3) is 0.889. The largest absolute Gasteiger partial charge is 0.397 e. The van der Waals surface area contributed by atoms with Gasteiger partial charge in [-0.2, -0.15) is 0 Å². The Morgan fingerprint density at radius 2 is 1.42 bits per heavy atom. The van der Waals surface area contributed by atoms with Gasteiger partial charge in [-0.3, -0.25) is 0 Å². The van der Waals surface area contributed by atoms with E-state index in [0.717, 1.165) is 0 Å². The number of hydrogen-bond acceptors (Lipinski definition) is 3. The van der Waals surface area contributed by atoms with Gasteiger partial charge >= 0.3 is 0 Å². The van der Waals surface area contributed by atoms with Gasteiger partial charge in [0.2, 0.25) is 0 Å². The van der Waals surface area contributed by atoms with Crippen molar-refractivity contribution in [2.24, 2.45) is 0 Å². The molecule has 0 unspecified atom stereocenters. The molecule has 0 saturated carbocycles. The Balaban J connectivity index is -0.000000105. The molecular formula is C9H22O3. The van der Waals surface area contributed by atoms with Crippen LogP contribution >= 0.6 is 0 Å². The number of carbonyl (C=O) groups excluding carboxylic acids is 1. The van der Waals surface area contributed by atoms with Crippen molar-refractivity contribution in [3.05, 3.63) is 0 Å². The number of Topliss-reactive ketones (excluding diaryl/α,β-unsaturated/α-hetero) is 1. The fourth-order valence-electron chi connectivity index (χ4n) is 0. The van der Waals surface area contributed by atoms with E-state index in [2.05, 4.69) is 0 Å². The van der Waals surface area contributed by atoms with E-state index in [4.69, 9.17) is 10.2 Å². The summed E-state index contributed by atoms with van der Waals surface area (Å²) >= 11 is 0. The van der Waals surface area contributed by atoms with E-state index in [-0.39, 0.29) is 18.5 Å². The highest BCUT2D eigenvalue weighted by molar-refractivity contribution is 5.74. The first kappa shape index (κ1) is 17.6. The van der Waals surface area contributed by atoms with Crippen LogP contribution in [-0.4, -0.2) is 28.7 Å². The smallest absolute Gasteiger partial charge is 0.129 e. The number of aliphatic hydroxyl groups is 2. The highest BCUT2D eigenvalue weighted by atomic mass is 16.3. The molecule has 2 N–H and O–H groups in total. The molecule has 0 saturated heterocycles. The van der Waals surface area contributed by atoms with Crippen LogP contribution in [0, 0.1) is 0 Å². The highest BCUT2D eigenvalue weighted by Gasteiger charge is 1.76. The first-order valence-electron chi connectivity index (χ1n) is 4.20. The number of aliphatic hydroxyl groups excluding tert-OH is 2. The molecule has 0 fully saturated rings. The summed E-state index contributed by atoms with van der Waals surface area (Å²) in [6.07, 6.45) is 0.500. The minimum absolute atomic E-state index is 0.167. The van der Waals surface area contributed by atoms with Crippen LogP contribution in [0.3, 0.4) is 0 Å². The van der Waals surface area contributed by atoms with Crippen molar-refractivity contribution < 1.29 is 15.0 Å². The second kappa shape index (κ2) is 16.9. The van der Waals surface area contributed by atoms with Crippen LogP contribution in [0.4, 0.5) is 0 Å². The zero-order valence-electron chi connectivity index (χ0n) is 8.79. The Labute approximate surface area is 75.4 Å². The third kappa shape index (κ3) is 280. The van der Waals surface area contributed by atoms with Gasteiger partial charge in [-0.05, 0) is 27.7 Å². The van der Waals surface area contributed by atoms with Crippen LogP contribution in [0.5, 0.6) is 0 Å². The highest BCUT2D eigenvalue weighted by Crippen LogP contribution is 1.71. The summed E-state index contributed by atoms with van der Waals surface area (Å²) in [5.74, 6) is 0.255. The number of hydrogen-bond donors (Lipinski definition) is 2. The van der Waals surface area contributed by atoms with Gasteiger partial charge < -0.3 is 15.0 Å². The first-order chi connectivity index (χ1) is 5.42. The summed E-state index contributed by atoms with van der Waals surface area (Å²) in [6.45, 7) is 8.81. The zero-order chi connectivity index (χ0) is 10.6. The SMILES string of the molecule is CC(C)O.CCC(C)=O.CCO. The third-order valence-electron chi connectivity index (χ3n) is 0.498. The second-order valence-corrected chi connectivity index (χ2v) is 2.47. The molecule has 3 nitrogen and oxygen atoms in total. The molecule has 0 bridgehead atoms. The summed E-state index contributed by atoms with van der Waals surface area (Å²) in [5, 5.41) is 15.6. The maximum atomic E-state index is 9.81. The van der Waals surface area contributed by atoms with Gasteiger partial charge in [-0.25, -0.2) is 0 Å². The molecule has 0 atom stereocenters. The lowest BCUT2D eigenvalue weighted by Gasteiger charge is -1.80. The van der Waals surface area contributed by atoms with Gasteiger partial charge in [0, 0.05) is 19.1 Å². The number of rotatable bonds is 1. The predicted octanol–water partition coefficient (Wildman–Crippen LogP) is 1.37. The molecule has 0 spiro atoms. The van der Waals surface area contributed by atoms with Crippen LogP contribution in [0.15, 0.2) is 0 Å². The van der Waals surface area contributed by atoms with Gasteiger partial charge in [-0.1, -0.05) is 6.92 Å². The Bertz CT molecular complexity index is 77.1. The lowest BCUT2D eigenvalue weighted by atomic mass is 10.4. The molecule has 0 aromatic heterocycles. The van der Waals surface area contributed by atoms with Gasteiger partial charge in [-0.15, -0.1) is 0 Å². The number of carbonyl (C=O) groups is 1. The average molecular weight is 178 g/mol. The standard InChI is InChI=1S/C4H8O.C3H8O.C2H6O/c1-3-4(2)5;1-3(2)4;1-2-3/h3H2,1-2H3;3-4H,1-2H3;3H,2H2,1H3. The third-order valence-corrected chi connectivity index (χ3v) is 0.498. The second-order valence-electron chi connectivity index (χ2n) is 2.47. The molecule has 76 valence electrons. The van der Waals surface area contributed by atoms with Crippen LogP contribution in [0.2, 0.25) is 0 Å². The topological polar surface area (TPSA) is 57.5 Å². The van der Waals surface area contributed by atoms with E-state index in [9.17, 15) is 4.79 Å². The Morgan fingerprint density at radius 1 is 1.33 bits per heavy atom. The molecule has 12 heavy (non-hydrogen) atoms. The Kier molecular flexibility index (Phi) is 24.8. The van der Waals surface area contributed by atoms with Crippen molar-refractivity contribution in [1.29, 1.82) is 0 Å². The van der Waals surface area contributed by atoms with Gasteiger partial charge in [0.25, 0.3) is 0 Å². The van der Waals surface area contributed by atoms with Gasteiger partial charge in [0.05, 0.1) is 0 Å². The van der Waals surface area contributed by atoms with Crippen LogP contribution in [0.1, 0.15) is 41.0 Å². The lowest BCUT2D eigenvalue weighted by molar-refractivity contribution is -0.116. The van der Waals surface area contributed by atoms with Crippen LogP contribution in [0.25, 0.3) is 0 Å². The van der Waals surface area contributed by atoms with E-state index in [1.165, 1.54) is 0 Å². The van der Waals surface area contributed by atoms with Gasteiger partial charge in [0.15, 0.2) is 0 Å². The Morgan fingerprint density at radius 3 is 1.42 bits per heavy atom. The summed E-state index contributed by atoms with van der Waals surface area (Å²) in [7, 11) is 0. The average Bonchev–Trinajstić information content (AvgIpc) is 1.88. The minimum atomic E-state index is -0.167. The van der Waals surface area contributed by atoms with Crippen molar-refractivity contribution >= 4 is 5.78 Å². The molecule has 0 heterocycles. The van der Waals surface area contributed by atoms with Crippen molar-refractivity contribution in [2.45, 2.75) is 47.1 Å². The van der Waals surface area contributed by atoms with Crippen molar-refractivity contribution in [2.75, 3.05) is 6.61 Å². The quantitative estimate of drug-likeness (QED) is 0.637. The summed E-state index contributed by atoms with van der Waals surface area (Å²) < 4.78 is 0. The molecule has 0 aliphatic rings. The molecule has 0 aliphatic heterocycles. The predicted molar refractivity (Wildman–Crippen MR) is 51.1 cm³/mol. The molecule has 0 rings (SSSR count). The van der Waals surface area contributed by atoms with E-state index >= 15 is 0 Å². The van der Waals surface area contributed by atoms with E-state index in [0.29, 0.717) is 6.42 Å². The van der Waals surface area contributed by atoms with Crippen LogP contribution in [-0.2, 0) is 4.79 Å². The van der Waals surface area contributed by atoms with E-state index in [1.54, 1.807) is 27.7 Å². The molecule has 0 amide bonds. The first-order valence-corrected chi connectivity index (χ1v) is 4.20. The summed E-state index contributed by atoms with van der Waals surface area (Å²) in [4.78, 5) is 9.81. The fourth-order valence-corrected chi connectivity index (χ4v) is 0. The molecule has 3 heteroatoms. The van der Waals surface area contributed by atoms with Crippen molar-refractivity contribution in [3.63, 3.8) is 0 Å². The summed E-state index contributed by atoms with van der Waals surface area (Å²) in [6, 6.07) is 0. The minimum Gasteiger partial charge on any atom is -0.397 e. The zero-order valence-corrected chi connectivity index (χ0v) is 8.79. The van der Waals surface area contributed by atoms with Crippen molar-refractivity contribution in [1.82, 2.24) is 0 Å². The molecule has 0 aromatic carbocycles. The number of ketones is 1. The molecule has 0 aromatic rings.